The molecule has 1 saturated heterocycles. The molecule has 1 aliphatic heterocycles. The fourth-order valence-corrected chi connectivity index (χ4v) is 3.85. The summed E-state index contributed by atoms with van der Waals surface area (Å²) in [5.74, 6) is -0.998. The molecule has 0 radical (unpaired) electrons. The smallest absolute Gasteiger partial charge is 0.253 e. The second-order valence-electron chi connectivity index (χ2n) is 7.77. The molecular formula is C23H29F2N3O2. The molecule has 5 nitrogen and oxygen atoms in total. The third-order valence-electron chi connectivity index (χ3n) is 5.50. The number of ether oxygens (including phenoxy) is 1. The van der Waals surface area contributed by atoms with E-state index in [0.717, 1.165) is 49.8 Å². The molecule has 2 aromatic rings. The summed E-state index contributed by atoms with van der Waals surface area (Å²) in [7, 11) is 1.64. The van der Waals surface area contributed by atoms with Gasteiger partial charge in [0, 0.05) is 50.0 Å². The molecule has 1 aliphatic rings. The Kier molecular flexibility index (Phi) is 7.87. The van der Waals surface area contributed by atoms with Gasteiger partial charge in [-0.3, -0.25) is 14.7 Å². The number of hydrogen-bond donors (Lipinski definition) is 1. The van der Waals surface area contributed by atoms with Crippen molar-refractivity contribution in [3.8, 4) is 0 Å². The van der Waals surface area contributed by atoms with Crippen molar-refractivity contribution in [1.29, 1.82) is 0 Å². The number of hydrogen-bond acceptors (Lipinski definition) is 4. The maximum absolute atomic E-state index is 14.0. The Morgan fingerprint density at radius 2 is 2.00 bits per heavy atom. The lowest BCUT2D eigenvalue weighted by Crippen LogP contribution is -2.34. The first-order chi connectivity index (χ1) is 14.5. The van der Waals surface area contributed by atoms with Crippen LogP contribution in [-0.2, 0) is 11.3 Å². The van der Waals surface area contributed by atoms with Gasteiger partial charge in [-0.05, 0) is 57.5 Å². The molecule has 0 aliphatic carbocycles. The van der Waals surface area contributed by atoms with E-state index in [-0.39, 0.29) is 11.8 Å². The van der Waals surface area contributed by atoms with Crippen molar-refractivity contribution in [2.24, 2.45) is 0 Å². The average Bonchev–Trinajstić information content (AvgIpc) is 2.73. The Hall–Kier alpha value is -2.38. The normalized spacial score (nSPS) is 15.3. The van der Waals surface area contributed by atoms with Crippen molar-refractivity contribution >= 4 is 5.91 Å². The molecule has 0 spiro atoms. The van der Waals surface area contributed by atoms with Gasteiger partial charge >= 0.3 is 0 Å². The van der Waals surface area contributed by atoms with Crippen LogP contribution in [0.3, 0.4) is 0 Å². The van der Waals surface area contributed by atoms with Gasteiger partial charge in [0.2, 0.25) is 0 Å². The number of piperidine rings is 1. The molecule has 1 fully saturated rings. The molecule has 2 heterocycles. The van der Waals surface area contributed by atoms with Crippen LogP contribution in [0.15, 0.2) is 30.3 Å². The van der Waals surface area contributed by atoms with Gasteiger partial charge in [0.15, 0.2) is 0 Å². The van der Waals surface area contributed by atoms with E-state index in [1.54, 1.807) is 7.11 Å². The number of carbonyl (C=O) groups excluding carboxylic acids is 1. The summed E-state index contributed by atoms with van der Waals surface area (Å²) in [6.45, 7) is 5.08. The zero-order valence-electron chi connectivity index (χ0n) is 17.6. The number of methoxy groups -OCH3 is 1. The van der Waals surface area contributed by atoms with E-state index < -0.39 is 11.6 Å². The maximum atomic E-state index is 14.0. The van der Waals surface area contributed by atoms with Crippen molar-refractivity contribution < 1.29 is 18.3 Å². The van der Waals surface area contributed by atoms with Gasteiger partial charge in [-0.1, -0.05) is 6.07 Å². The number of aryl methyl sites for hydroxylation is 1. The molecule has 0 bridgehead atoms. The van der Waals surface area contributed by atoms with Gasteiger partial charge in [-0.2, -0.15) is 0 Å². The number of rotatable bonds is 8. The van der Waals surface area contributed by atoms with Crippen LogP contribution in [-0.4, -0.2) is 49.1 Å². The fraction of sp³-hybridized carbons (Fsp3) is 0.478. The predicted octanol–water partition coefficient (Wildman–Crippen LogP) is 3.81. The number of aromatic nitrogens is 1. The van der Waals surface area contributed by atoms with E-state index in [0.29, 0.717) is 30.8 Å². The van der Waals surface area contributed by atoms with Gasteiger partial charge in [-0.15, -0.1) is 0 Å². The molecule has 0 unspecified atom stereocenters. The third-order valence-corrected chi connectivity index (χ3v) is 5.50. The van der Waals surface area contributed by atoms with Crippen molar-refractivity contribution in [2.75, 3.05) is 33.4 Å². The monoisotopic (exact) mass is 417 g/mol. The zero-order valence-corrected chi connectivity index (χ0v) is 17.6. The van der Waals surface area contributed by atoms with Gasteiger partial charge in [0.1, 0.15) is 11.6 Å². The lowest BCUT2D eigenvalue weighted by Gasteiger charge is -2.32. The molecule has 3 rings (SSSR count). The first-order valence-electron chi connectivity index (χ1n) is 10.4. The van der Waals surface area contributed by atoms with Crippen molar-refractivity contribution in [1.82, 2.24) is 15.2 Å². The van der Waals surface area contributed by atoms with E-state index in [2.05, 4.69) is 15.2 Å². The highest BCUT2D eigenvalue weighted by Crippen LogP contribution is 2.30. The van der Waals surface area contributed by atoms with E-state index in [1.165, 1.54) is 12.1 Å². The van der Waals surface area contributed by atoms with E-state index in [1.807, 2.05) is 19.1 Å². The van der Waals surface area contributed by atoms with Crippen LogP contribution >= 0.6 is 0 Å². The standard InChI is InChI=1S/C23H29F2N3O2/c1-16-4-7-20(23(29)26-10-3-13-30-2)22(27-16)17-8-11-28(12-9-17)15-18-5-6-19(24)14-21(18)25/h4-7,14,17H,3,8-13,15H2,1-2H3,(H,26,29). The summed E-state index contributed by atoms with van der Waals surface area (Å²) >= 11 is 0. The van der Waals surface area contributed by atoms with Gasteiger partial charge in [0.05, 0.1) is 11.3 Å². The topological polar surface area (TPSA) is 54.5 Å². The summed E-state index contributed by atoms with van der Waals surface area (Å²) in [5.41, 5.74) is 2.85. The minimum Gasteiger partial charge on any atom is -0.385 e. The molecule has 1 aromatic heterocycles. The van der Waals surface area contributed by atoms with Crippen molar-refractivity contribution in [3.05, 3.63) is 64.5 Å². The molecular weight excluding hydrogens is 388 g/mol. The van der Waals surface area contributed by atoms with Crippen molar-refractivity contribution in [3.63, 3.8) is 0 Å². The molecule has 0 saturated carbocycles. The number of likely N-dealkylation sites (tertiary alicyclic amines) is 1. The highest BCUT2D eigenvalue weighted by molar-refractivity contribution is 5.95. The summed E-state index contributed by atoms with van der Waals surface area (Å²) in [5, 5.41) is 2.94. The Balaban J connectivity index is 1.63. The minimum atomic E-state index is -0.562. The number of nitrogens with one attached hydrogen (secondary N) is 1. The van der Waals surface area contributed by atoms with E-state index in [9.17, 15) is 13.6 Å². The first-order valence-corrected chi connectivity index (χ1v) is 10.4. The second-order valence-corrected chi connectivity index (χ2v) is 7.77. The van der Waals surface area contributed by atoms with Crippen LogP contribution in [0.1, 0.15) is 52.5 Å². The predicted molar refractivity (Wildman–Crippen MR) is 111 cm³/mol. The number of benzene rings is 1. The van der Waals surface area contributed by atoms with Crippen LogP contribution in [0, 0.1) is 18.6 Å². The average molecular weight is 418 g/mol. The highest BCUT2D eigenvalue weighted by Gasteiger charge is 2.26. The molecule has 1 aromatic carbocycles. The van der Waals surface area contributed by atoms with Crippen LogP contribution in [0.25, 0.3) is 0 Å². The summed E-state index contributed by atoms with van der Waals surface area (Å²) in [6, 6.07) is 7.43. The number of carbonyl (C=O) groups is 1. The van der Waals surface area contributed by atoms with Crippen LogP contribution < -0.4 is 5.32 Å². The van der Waals surface area contributed by atoms with Crippen LogP contribution in [0.5, 0.6) is 0 Å². The van der Waals surface area contributed by atoms with Crippen LogP contribution in [0.2, 0.25) is 0 Å². The quantitative estimate of drug-likeness (QED) is 0.664. The van der Waals surface area contributed by atoms with E-state index >= 15 is 0 Å². The SMILES string of the molecule is COCCCNC(=O)c1ccc(C)nc1C1CCN(Cc2ccc(F)cc2F)CC1. The first kappa shape index (κ1) is 22.3. The molecule has 0 atom stereocenters. The number of nitrogens with zero attached hydrogens (tertiary/aromatic N) is 2. The number of amides is 1. The summed E-state index contributed by atoms with van der Waals surface area (Å²) in [6.07, 6.45) is 2.43. The molecule has 162 valence electrons. The Labute approximate surface area is 176 Å². The Bertz CT molecular complexity index is 868. The largest absolute Gasteiger partial charge is 0.385 e. The Morgan fingerprint density at radius 3 is 2.70 bits per heavy atom. The molecule has 1 N–H and O–H groups in total. The molecule has 30 heavy (non-hydrogen) atoms. The maximum Gasteiger partial charge on any atom is 0.253 e. The van der Waals surface area contributed by atoms with Gasteiger partial charge in [0.25, 0.3) is 5.91 Å². The summed E-state index contributed by atoms with van der Waals surface area (Å²) < 4.78 is 32.1. The highest BCUT2D eigenvalue weighted by atomic mass is 19.1. The number of pyridine rings is 1. The van der Waals surface area contributed by atoms with E-state index in [4.69, 9.17) is 4.74 Å². The zero-order chi connectivity index (χ0) is 21.5. The molecule has 7 heteroatoms. The summed E-state index contributed by atoms with van der Waals surface area (Å²) in [4.78, 5) is 19.5. The van der Waals surface area contributed by atoms with Gasteiger partial charge < -0.3 is 10.1 Å². The Morgan fingerprint density at radius 1 is 1.23 bits per heavy atom. The van der Waals surface area contributed by atoms with Gasteiger partial charge in [-0.25, -0.2) is 8.78 Å². The fourth-order valence-electron chi connectivity index (χ4n) is 3.85. The third kappa shape index (κ3) is 5.83. The van der Waals surface area contributed by atoms with Crippen LogP contribution in [0.4, 0.5) is 8.78 Å². The minimum absolute atomic E-state index is 0.107. The van der Waals surface area contributed by atoms with Crippen molar-refractivity contribution in [2.45, 2.75) is 38.6 Å². The lowest BCUT2D eigenvalue weighted by atomic mass is 9.89. The molecule has 1 amide bonds. The number of halogens is 2. The lowest BCUT2D eigenvalue weighted by molar-refractivity contribution is 0.0945. The second kappa shape index (κ2) is 10.6.